The molecule has 1 spiro atoms. The Kier molecular flexibility index (Phi) is 12.2. The number of para-hydroxylation sites is 1. The number of anilines is 2. The third-order valence-corrected chi connectivity index (χ3v) is 17.5. The molecule has 5 aromatic rings. The van der Waals surface area contributed by atoms with Crippen molar-refractivity contribution < 1.29 is 49.3 Å². The Balaban J connectivity index is 1.06. The van der Waals surface area contributed by atoms with E-state index < -0.39 is 50.3 Å². The standard InChI is InChI=1S/C46H53N5O10Si/c1-27-42(62(3,4)32-20-18-31(59-2)19-21-32)37(22-23-50-25-35(48-49-50)33(26-52)29-10-6-5-7-11-29)61-46(27)34-12-8-9-13-36(34)51(45(46)58)24-28-14-16-30(17-15-28)47-43(56)41-39(54)38(53)40(55)44(57)60-41/h5-21,25,27,33,37-42,44,52-55,57H,22-24,26H2,1-4H3,(H,47,56)/t27-,33?,37+,38-,39-,40+,41-,42-,44+,46+/m0/s1. The number of amides is 2. The van der Waals surface area contributed by atoms with Crippen molar-refractivity contribution >= 4 is 36.4 Å². The second-order valence-corrected chi connectivity index (χ2v) is 21.7. The number of rotatable bonds is 13. The lowest BCUT2D eigenvalue weighted by Crippen LogP contribution is -2.60. The average molecular weight is 864 g/mol. The molecule has 4 heterocycles. The molecule has 4 aromatic carbocycles. The van der Waals surface area contributed by atoms with E-state index in [4.69, 9.17) is 14.2 Å². The molecule has 2 amide bonds. The molecule has 0 radical (unpaired) electrons. The number of nitrogens with zero attached hydrogens (tertiary/aromatic N) is 4. The van der Waals surface area contributed by atoms with E-state index in [1.54, 1.807) is 41.0 Å². The van der Waals surface area contributed by atoms with E-state index in [1.807, 2.05) is 72.9 Å². The fourth-order valence-electron chi connectivity index (χ4n) is 9.76. The smallest absolute Gasteiger partial charge is 0.264 e. The molecule has 10 atom stereocenters. The van der Waals surface area contributed by atoms with Gasteiger partial charge in [-0.05, 0) is 53.4 Å². The highest BCUT2D eigenvalue weighted by molar-refractivity contribution is 6.91. The Morgan fingerprint density at radius 1 is 0.919 bits per heavy atom. The van der Waals surface area contributed by atoms with Gasteiger partial charge in [-0.15, -0.1) is 5.10 Å². The second kappa shape index (κ2) is 17.5. The minimum atomic E-state index is -2.43. The number of hydrogen-bond donors (Lipinski definition) is 6. The zero-order valence-corrected chi connectivity index (χ0v) is 36.0. The molecule has 3 aliphatic rings. The van der Waals surface area contributed by atoms with Crippen LogP contribution in [0.5, 0.6) is 5.75 Å². The minimum Gasteiger partial charge on any atom is -0.497 e. The molecule has 62 heavy (non-hydrogen) atoms. The summed E-state index contributed by atoms with van der Waals surface area (Å²) in [5.74, 6) is -0.750. The molecule has 326 valence electrons. The molecule has 1 aromatic heterocycles. The van der Waals surface area contributed by atoms with Crippen molar-refractivity contribution in [3.8, 4) is 5.75 Å². The Morgan fingerprint density at radius 3 is 2.31 bits per heavy atom. The van der Waals surface area contributed by atoms with Crippen LogP contribution in [0.15, 0.2) is 109 Å². The number of carbonyl (C=O) groups excluding carboxylic acids is 2. The molecule has 6 N–H and O–H groups in total. The van der Waals surface area contributed by atoms with Crippen LogP contribution < -0.4 is 20.1 Å². The van der Waals surface area contributed by atoms with Crippen LogP contribution in [0, 0.1) is 5.92 Å². The Bertz CT molecular complexity index is 2370. The van der Waals surface area contributed by atoms with Gasteiger partial charge in [-0.1, -0.05) is 103 Å². The fourth-order valence-corrected chi connectivity index (χ4v) is 13.8. The molecule has 16 heteroatoms. The number of aromatic nitrogens is 3. The van der Waals surface area contributed by atoms with Gasteiger partial charge in [-0.3, -0.25) is 14.3 Å². The first-order chi connectivity index (χ1) is 29.8. The number of hydrogen-bond acceptors (Lipinski definition) is 12. The molecule has 2 saturated heterocycles. The number of methoxy groups -OCH3 is 1. The van der Waals surface area contributed by atoms with E-state index in [1.165, 1.54) is 5.19 Å². The van der Waals surface area contributed by atoms with Crippen LogP contribution in [0.4, 0.5) is 11.4 Å². The van der Waals surface area contributed by atoms with Crippen molar-refractivity contribution in [2.24, 2.45) is 5.92 Å². The maximum absolute atomic E-state index is 15.2. The average Bonchev–Trinajstić information content (AvgIpc) is 3.94. The highest BCUT2D eigenvalue weighted by atomic mass is 28.3. The molecule has 0 saturated carbocycles. The van der Waals surface area contributed by atoms with Crippen LogP contribution in [-0.2, 0) is 37.8 Å². The first-order valence-electron chi connectivity index (χ1n) is 20.9. The first kappa shape index (κ1) is 43.3. The van der Waals surface area contributed by atoms with Crippen molar-refractivity contribution in [1.29, 1.82) is 0 Å². The topological polar surface area (TPSA) is 209 Å². The monoisotopic (exact) mass is 863 g/mol. The van der Waals surface area contributed by atoms with Gasteiger partial charge in [0, 0.05) is 29.9 Å². The summed E-state index contributed by atoms with van der Waals surface area (Å²) in [4.78, 5) is 30.0. The van der Waals surface area contributed by atoms with Crippen molar-refractivity contribution in [2.45, 2.75) is 93.4 Å². The van der Waals surface area contributed by atoms with Gasteiger partial charge in [0.25, 0.3) is 11.8 Å². The maximum atomic E-state index is 15.2. The summed E-state index contributed by atoms with van der Waals surface area (Å²) in [6, 6.07) is 32.6. The highest BCUT2D eigenvalue weighted by Gasteiger charge is 2.66. The molecule has 8 rings (SSSR count). The second-order valence-electron chi connectivity index (χ2n) is 17.0. The molecule has 2 fully saturated rings. The van der Waals surface area contributed by atoms with Crippen LogP contribution in [0.3, 0.4) is 0 Å². The van der Waals surface area contributed by atoms with Gasteiger partial charge >= 0.3 is 0 Å². The number of ether oxygens (including phenoxy) is 3. The molecule has 3 aliphatic heterocycles. The summed E-state index contributed by atoms with van der Waals surface area (Å²) in [6.45, 7) is 7.40. The van der Waals surface area contributed by atoms with Crippen molar-refractivity contribution in [3.05, 3.63) is 132 Å². The van der Waals surface area contributed by atoms with Gasteiger partial charge in [0.2, 0.25) is 0 Å². The Hall–Kier alpha value is -5.30. The number of benzene rings is 4. The van der Waals surface area contributed by atoms with E-state index in [-0.39, 0.29) is 42.5 Å². The van der Waals surface area contributed by atoms with E-state index in [0.29, 0.717) is 24.3 Å². The minimum absolute atomic E-state index is 0.00889. The molecule has 1 unspecified atom stereocenters. The summed E-state index contributed by atoms with van der Waals surface area (Å²) in [6.07, 6.45) is -6.66. The third-order valence-electron chi connectivity index (χ3n) is 13.1. The SMILES string of the molecule is COc1ccc([Si](C)(C)[C@@H]2[C@@H](CCn3cc(C(CO)c4ccccc4)nn3)O[C@]3(C(=O)N(Cc4ccc(NC(=O)[C@H]5O[C@@H](O)[C@H](O)[C@@H](O)[C@@H]5O)cc4)c4ccccc43)[C@H]2C)cc1. The normalized spacial score (nSPS) is 27.6. The van der Waals surface area contributed by atoms with Crippen LogP contribution in [0.25, 0.3) is 0 Å². The lowest BCUT2D eigenvalue weighted by atomic mass is 9.82. The largest absolute Gasteiger partial charge is 0.497 e. The van der Waals surface area contributed by atoms with E-state index in [0.717, 1.165) is 28.1 Å². The number of fused-ring (bicyclic) bond motifs is 2. The molecule has 0 aliphatic carbocycles. The molecule has 15 nitrogen and oxygen atoms in total. The lowest BCUT2D eigenvalue weighted by Gasteiger charge is -2.37. The predicted molar refractivity (Wildman–Crippen MR) is 231 cm³/mol. The summed E-state index contributed by atoms with van der Waals surface area (Å²) in [7, 11) is -0.778. The van der Waals surface area contributed by atoms with Gasteiger partial charge in [0.05, 0.1) is 51.7 Å². The van der Waals surface area contributed by atoms with Crippen molar-refractivity contribution in [1.82, 2.24) is 15.0 Å². The zero-order valence-electron chi connectivity index (χ0n) is 35.0. The van der Waals surface area contributed by atoms with Crippen molar-refractivity contribution in [2.75, 3.05) is 23.9 Å². The van der Waals surface area contributed by atoms with Gasteiger partial charge in [0.1, 0.15) is 24.1 Å². The summed E-state index contributed by atoms with van der Waals surface area (Å²) >= 11 is 0. The third kappa shape index (κ3) is 7.75. The van der Waals surface area contributed by atoms with Gasteiger partial charge < -0.3 is 50.0 Å². The van der Waals surface area contributed by atoms with Crippen LogP contribution >= 0.6 is 0 Å². The van der Waals surface area contributed by atoms with Crippen LogP contribution in [0.1, 0.15) is 41.6 Å². The van der Waals surface area contributed by atoms with E-state index in [9.17, 15) is 30.3 Å². The highest BCUT2D eigenvalue weighted by Crippen LogP contribution is 2.60. The molecular formula is C46H53N5O10Si. The summed E-state index contributed by atoms with van der Waals surface area (Å²) in [5.41, 5.74) is 3.03. The molecular weight excluding hydrogens is 811 g/mol. The molecule has 0 bridgehead atoms. The first-order valence-corrected chi connectivity index (χ1v) is 23.9. The number of carbonyl (C=O) groups is 2. The maximum Gasteiger partial charge on any atom is 0.264 e. The van der Waals surface area contributed by atoms with Gasteiger partial charge in [0.15, 0.2) is 18.0 Å². The number of nitrogens with one attached hydrogen (secondary N) is 1. The van der Waals surface area contributed by atoms with Crippen molar-refractivity contribution in [3.63, 3.8) is 0 Å². The van der Waals surface area contributed by atoms with Crippen LogP contribution in [0.2, 0.25) is 18.6 Å². The Labute approximate surface area is 360 Å². The lowest BCUT2D eigenvalue weighted by molar-refractivity contribution is -0.274. The quantitative estimate of drug-likeness (QED) is 0.0945. The predicted octanol–water partition coefficient (Wildman–Crippen LogP) is 3.00. The summed E-state index contributed by atoms with van der Waals surface area (Å²) in [5, 5.41) is 63.1. The van der Waals surface area contributed by atoms with Crippen LogP contribution in [-0.4, -0.2) is 111 Å². The van der Waals surface area contributed by atoms with E-state index in [2.05, 4.69) is 47.8 Å². The number of aliphatic hydroxyl groups excluding tert-OH is 5. The summed E-state index contributed by atoms with van der Waals surface area (Å²) < 4.78 is 19.7. The van der Waals surface area contributed by atoms with E-state index >= 15 is 4.79 Å². The fraction of sp³-hybridized carbons (Fsp3) is 0.391. The number of aryl methyl sites for hydroxylation is 1. The van der Waals surface area contributed by atoms with Gasteiger partial charge in [-0.25, -0.2) is 0 Å². The zero-order chi connectivity index (χ0) is 43.9. The van der Waals surface area contributed by atoms with Gasteiger partial charge in [-0.2, -0.15) is 0 Å². The Morgan fingerprint density at radius 2 is 1.61 bits per heavy atom. The number of aliphatic hydroxyl groups is 5.